The normalized spacial score (nSPS) is 11.7. The smallest absolute Gasteiger partial charge is 0.308 e. The van der Waals surface area contributed by atoms with Crippen molar-refractivity contribution in [2.75, 3.05) is 0 Å². The maximum Gasteiger partial charge on any atom is 0.416 e. The Morgan fingerprint density at radius 3 is 1.31 bits per heavy atom. The molecular weight excluding hydrogens is 868 g/mol. The number of rotatable bonds is 8. The fourth-order valence-electron chi connectivity index (χ4n) is 10.1. The molecule has 0 saturated carbocycles. The van der Waals surface area contributed by atoms with Gasteiger partial charge >= 0.3 is 6.18 Å². The minimum atomic E-state index is -4.57. The van der Waals surface area contributed by atoms with Gasteiger partial charge in [-0.25, -0.2) is 9.97 Å². The van der Waals surface area contributed by atoms with Crippen molar-refractivity contribution in [2.45, 2.75) is 40.8 Å². The molecule has 0 atom stereocenters. The Kier molecular flexibility index (Phi) is 11.1. The van der Waals surface area contributed by atoms with Crippen LogP contribution in [-0.2, 0) is 6.18 Å². The first-order chi connectivity index (χ1) is 33.8. The lowest BCUT2D eigenvalue weighted by Crippen LogP contribution is -2.06. The molecule has 11 aromatic rings. The predicted molar refractivity (Wildman–Crippen MR) is 283 cm³/mol. The summed E-state index contributed by atoms with van der Waals surface area (Å²) >= 11 is 0. The molecule has 340 valence electrons. The van der Waals surface area contributed by atoms with Gasteiger partial charge in [-0.2, -0.15) is 13.2 Å². The molecule has 2 aromatic heterocycles. The van der Waals surface area contributed by atoms with E-state index in [1.54, 1.807) is 6.07 Å². The molecule has 3 nitrogen and oxygen atoms in total. The maximum atomic E-state index is 14.9. The third-order valence-electron chi connectivity index (χ3n) is 13.2. The van der Waals surface area contributed by atoms with E-state index in [9.17, 15) is 13.2 Å². The van der Waals surface area contributed by atoms with Crippen LogP contribution in [0.15, 0.2) is 200 Å². The van der Waals surface area contributed by atoms with E-state index in [2.05, 4.69) is 136 Å². The van der Waals surface area contributed by atoms with Crippen LogP contribution in [0.25, 0.3) is 106 Å². The summed E-state index contributed by atoms with van der Waals surface area (Å²) in [6, 6.07) is 66.5. The van der Waals surface area contributed by atoms with Crippen molar-refractivity contribution in [1.29, 1.82) is 0 Å². The molecular formula is C64H48F3N3. The van der Waals surface area contributed by atoms with E-state index < -0.39 is 11.7 Å². The lowest BCUT2D eigenvalue weighted by molar-refractivity contribution is -0.137. The molecule has 2 heterocycles. The van der Waals surface area contributed by atoms with Gasteiger partial charge < -0.3 is 4.57 Å². The second-order valence-electron chi connectivity index (χ2n) is 18.6. The number of nitrogens with zero attached hydrogens (tertiary/aromatic N) is 3. The van der Waals surface area contributed by atoms with Gasteiger partial charge in [-0.05, 0) is 123 Å². The SMILES string of the molecule is Cc1cc(C)cc(-c2ccc3c(c2)c2cc(-c4cc(C)cc(C)c4)ccc2n3-c2c(-c3cccc(C)c3)cc(-c3cc(-c4ccccc4)nc(-c4ccccc4)n3)cc2-c2cccc(C(F)(F)F)c2)c1. The maximum absolute atomic E-state index is 14.9. The van der Waals surface area contributed by atoms with Gasteiger partial charge in [0.25, 0.3) is 0 Å². The molecule has 0 saturated heterocycles. The number of benzene rings is 9. The Balaban J connectivity index is 1.27. The van der Waals surface area contributed by atoms with Crippen molar-refractivity contribution in [2.24, 2.45) is 0 Å². The van der Waals surface area contributed by atoms with E-state index in [0.717, 1.165) is 94.9 Å². The Morgan fingerprint density at radius 2 is 0.800 bits per heavy atom. The molecule has 0 aliphatic heterocycles. The summed E-state index contributed by atoms with van der Waals surface area (Å²) in [5.74, 6) is 0.542. The molecule has 9 aromatic carbocycles. The largest absolute Gasteiger partial charge is 0.416 e. The molecule has 0 aliphatic carbocycles. The summed E-state index contributed by atoms with van der Waals surface area (Å²) < 4.78 is 46.8. The van der Waals surface area contributed by atoms with Crippen molar-refractivity contribution >= 4 is 21.8 Å². The molecule has 0 fully saturated rings. The minimum Gasteiger partial charge on any atom is -0.308 e. The number of hydrogen-bond acceptors (Lipinski definition) is 2. The summed E-state index contributed by atoms with van der Waals surface area (Å²) in [7, 11) is 0. The average molecular weight is 916 g/mol. The van der Waals surface area contributed by atoms with Gasteiger partial charge in [-0.15, -0.1) is 0 Å². The molecule has 6 heteroatoms. The fourth-order valence-corrected chi connectivity index (χ4v) is 10.1. The Morgan fingerprint density at radius 1 is 0.343 bits per heavy atom. The van der Waals surface area contributed by atoms with Crippen LogP contribution in [-0.4, -0.2) is 14.5 Å². The molecule has 0 aliphatic rings. The van der Waals surface area contributed by atoms with Crippen LogP contribution in [0.5, 0.6) is 0 Å². The van der Waals surface area contributed by atoms with Gasteiger partial charge in [0.2, 0.25) is 0 Å². The van der Waals surface area contributed by atoms with Crippen LogP contribution in [0.2, 0.25) is 0 Å². The predicted octanol–water partition coefficient (Wildman–Crippen LogP) is 17.8. The highest BCUT2D eigenvalue weighted by molar-refractivity contribution is 6.13. The summed E-state index contributed by atoms with van der Waals surface area (Å²) in [6.45, 7) is 10.5. The molecule has 0 amide bonds. The van der Waals surface area contributed by atoms with Gasteiger partial charge in [0.05, 0.1) is 33.7 Å². The number of hydrogen-bond donors (Lipinski definition) is 0. The van der Waals surface area contributed by atoms with Gasteiger partial charge in [0.1, 0.15) is 0 Å². The van der Waals surface area contributed by atoms with E-state index in [0.29, 0.717) is 22.6 Å². The summed E-state index contributed by atoms with van der Waals surface area (Å²) in [4.78, 5) is 10.3. The zero-order chi connectivity index (χ0) is 48.3. The number of fused-ring (bicyclic) bond motifs is 3. The van der Waals surface area contributed by atoms with Crippen molar-refractivity contribution in [1.82, 2.24) is 14.5 Å². The zero-order valence-electron chi connectivity index (χ0n) is 39.5. The first-order valence-electron chi connectivity index (χ1n) is 23.5. The van der Waals surface area contributed by atoms with Crippen LogP contribution >= 0.6 is 0 Å². The van der Waals surface area contributed by atoms with Gasteiger partial charge in [-0.3, -0.25) is 0 Å². The van der Waals surface area contributed by atoms with Crippen molar-refractivity contribution in [3.63, 3.8) is 0 Å². The second-order valence-corrected chi connectivity index (χ2v) is 18.6. The lowest BCUT2D eigenvalue weighted by atomic mass is 9.90. The number of aryl methyl sites for hydroxylation is 5. The average Bonchev–Trinajstić information content (AvgIpc) is 3.68. The molecule has 70 heavy (non-hydrogen) atoms. The van der Waals surface area contributed by atoms with E-state index >= 15 is 0 Å². The van der Waals surface area contributed by atoms with Gasteiger partial charge in [-0.1, -0.05) is 173 Å². The van der Waals surface area contributed by atoms with E-state index in [1.807, 2.05) is 78.9 Å². The molecule has 0 unspecified atom stereocenters. The Bertz CT molecular complexity index is 3600. The highest BCUT2D eigenvalue weighted by atomic mass is 19.4. The number of halogens is 3. The first-order valence-corrected chi connectivity index (χ1v) is 23.5. The molecule has 0 bridgehead atoms. The standard InChI is InChI=1S/C64H48F3N3/c1-39-14-12-19-48(28-39)54-36-52(59-38-58(44-15-8-6-9-16-44)68-63(69-59)45-17-10-7-11-18-45)37-55(49-20-13-21-53(33-49)64(65,66)67)62(54)70-60-24-22-46(50-29-40(2)26-41(3)30-50)34-56(60)57-35-47(23-25-61(57)70)51-31-42(4)27-43(5)32-51/h6-38H,1-5H3. The fraction of sp³-hybridized carbons (Fsp3) is 0.0938. The molecule has 0 radical (unpaired) electrons. The van der Waals surface area contributed by atoms with Crippen LogP contribution in [0.3, 0.4) is 0 Å². The molecule has 0 N–H and O–H groups in total. The monoisotopic (exact) mass is 915 g/mol. The summed E-state index contributed by atoms with van der Waals surface area (Å²) in [5.41, 5.74) is 18.7. The van der Waals surface area contributed by atoms with Crippen molar-refractivity contribution < 1.29 is 13.2 Å². The second kappa shape index (κ2) is 17.6. The van der Waals surface area contributed by atoms with Gasteiger partial charge in [0.15, 0.2) is 5.82 Å². The van der Waals surface area contributed by atoms with Crippen LogP contribution in [0, 0.1) is 34.6 Å². The highest BCUT2D eigenvalue weighted by Gasteiger charge is 2.31. The molecule has 11 rings (SSSR count). The third-order valence-corrected chi connectivity index (χ3v) is 13.2. The molecule has 0 spiro atoms. The van der Waals surface area contributed by atoms with E-state index in [4.69, 9.17) is 9.97 Å². The van der Waals surface area contributed by atoms with E-state index in [-0.39, 0.29) is 0 Å². The lowest BCUT2D eigenvalue weighted by Gasteiger charge is -2.22. The van der Waals surface area contributed by atoms with Crippen LogP contribution in [0.1, 0.15) is 33.4 Å². The van der Waals surface area contributed by atoms with Gasteiger partial charge in [0, 0.05) is 38.6 Å². The van der Waals surface area contributed by atoms with Crippen LogP contribution < -0.4 is 0 Å². The Hall–Kier alpha value is -8.35. The number of aromatic nitrogens is 3. The zero-order valence-corrected chi connectivity index (χ0v) is 39.5. The number of alkyl halides is 3. The third kappa shape index (κ3) is 8.47. The van der Waals surface area contributed by atoms with E-state index in [1.165, 1.54) is 34.4 Å². The summed E-state index contributed by atoms with van der Waals surface area (Å²) in [5, 5.41) is 2.06. The van der Waals surface area contributed by atoms with Crippen molar-refractivity contribution in [3.8, 4) is 84.1 Å². The van der Waals surface area contributed by atoms with Crippen LogP contribution in [0.4, 0.5) is 13.2 Å². The summed E-state index contributed by atoms with van der Waals surface area (Å²) in [6.07, 6.45) is -4.57. The van der Waals surface area contributed by atoms with Crippen molar-refractivity contribution in [3.05, 3.63) is 234 Å². The first kappa shape index (κ1) is 44.2. The Labute approximate surface area is 406 Å². The quantitative estimate of drug-likeness (QED) is 0.152. The minimum absolute atomic E-state index is 0.426. The topological polar surface area (TPSA) is 30.7 Å². The highest BCUT2D eigenvalue weighted by Crippen LogP contribution is 2.46.